The Morgan fingerprint density at radius 1 is 0.652 bits per heavy atom. The van der Waals surface area contributed by atoms with Gasteiger partial charge in [0.25, 0.3) is 0 Å². The van der Waals surface area contributed by atoms with Crippen molar-refractivity contribution in [3.05, 3.63) is 35.4 Å². The number of hydrogen-bond donors (Lipinski definition) is 4. The van der Waals surface area contributed by atoms with Gasteiger partial charge in [0.2, 0.25) is 0 Å². The molecule has 0 atom stereocenters. The van der Waals surface area contributed by atoms with Gasteiger partial charge in [-0.2, -0.15) is 0 Å². The number of phenolic OH excluding ortho intramolecular Hbond substituents is 4. The van der Waals surface area contributed by atoms with Gasteiger partial charge in [-0.05, 0) is 61.1 Å². The lowest BCUT2D eigenvalue weighted by atomic mass is 10.0. The van der Waals surface area contributed by atoms with E-state index in [9.17, 15) is 20.4 Å². The fraction of sp³-hybridized carbons (Fsp3) is 0.294. The zero-order chi connectivity index (χ0) is 16.2. The smallest absolute Gasteiger partial charge is 0.158 e. The van der Waals surface area contributed by atoms with E-state index in [-0.39, 0.29) is 27.1 Å². The molecule has 1 spiro atoms. The second-order valence-corrected chi connectivity index (χ2v) is 9.12. The van der Waals surface area contributed by atoms with Gasteiger partial charge in [0.15, 0.2) is 23.0 Å². The first kappa shape index (κ1) is 14.9. The molecule has 4 rings (SSSR count). The van der Waals surface area contributed by atoms with Gasteiger partial charge in [-0.15, -0.1) is 23.5 Å². The maximum absolute atomic E-state index is 9.76. The molecule has 2 aliphatic heterocycles. The normalized spacial score (nSPS) is 18.4. The SMILES string of the molecule is Oc1cc2c(cc1O)SC1(CC2)CCc2cc(O)c(O)cc2S1. The molecule has 2 aromatic carbocycles. The third-order valence-electron chi connectivity index (χ3n) is 4.46. The summed E-state index contributed by atoms with van der Waals surface area (Å²) in [5.41, 5.74) is 2.13. The number of rotatable bonds is 0. The van der Waals surface area contributed by atoms with Crippen molar-refractivity contribution in [2.45, 2.75) is 39.6 Å². The van der Waals surface area contributed by atoms with Gasteiger partial charge in [-0.25, -0.2) is 0 Å². The molecule has 0 saturated heterocycles. The van der Waals surface area contributed by atoms with Crippen molar-refractivity contribution in [3.63, 3.8) is 0 Å². The number of benzene rings is 2. The number of hydrogen-bond acceptors (Lipinski definition) is 6. The summed E-state index contributed by atoms with van der Waals surface area (Å²) in [6, 6.07) is 6.58. The first-order valence-electron chi connectivity index (χ1n) is 7.43. The largest absolute Gasteiger partial charge is 0.504 e. The lowest BCUT2D eigenvalue weighted by molar-refractivity contribution is 0.400. The zero-order valence-corrected chi connectivity index (χ0v) is 13.9. The number of aromatic hydroxyl groups is 4. The number of fused-ring (bicyclic) bond motifs is 2. The fourth-order valence-electron chi connectivity index (χ4n) is 3.18. The molecule has 6 heteroatoms. The minimum atomic E-state index is -0.0860. The minimum Gasteiger partial charge on any atom is -0.504 e. The van der Waals surface area contributed by atoms with Crippen LogP contribution < -0.4 is 0 Å². The lowest BCUT2D eigenvalue weighted by Crippen LogP contribution is -2.28. The number of thioether (sulfide) groups is 2. The van der Waals surface area contributed by atoms with Crippen LogP contribution >= 0.6 is 23.5 Å². The van der Waals surface area contributed by atoms with Crippen LogP contribution in [0.1, 0.15) is 24.0 Å². The van der Waals surface area contributed by atoms with E-state index in [4.69, 9.17) is 0 Å². The third kappa shape index (κ3) is 2.50. The minimum absolute atomic E-state index is 0.0349. The molecule has 120 valence electrons. The molecule has 2 aromatic rings. The monoisotopic (exact) mass is 348 g/mol. The quantitative estimate of drug-likeness (QED) is 0.539. The van der Waals surface area contributed by atoms with E-state index in [1.165, 1.54) is 0 Å². The first-order valence-corrected chi connectivity index (χ1v) is 9.07. The third-order valence-corrected chi connectivity index (χ3v) is 7.72. The summed E-state index contributed by atoms with van der Waals surface area (Å²) in [5.74, 6) is -0.307. The summed E-state index contributed by atoms with van der Waals surface area (Å²) in [7, 11) is 0. The van der Waals surface area contributed by atoms with Crippen LogP contribution in [-0.4, -0.2) is 24.5 Å². The lowest BCUT2D eigenvalue weighted by Gasteiger charge is -2.40. The summed E-state index contributed by atoms with van der Waals surface area (Å²) < 4.78 is -0.0349. The second kappa shape index (κ2) is 5.18. The average molecular weight is 348 g/mol. The van der Waals surface area contributed by atoms with Crippen molar-refractivity contribution in [3.8, 4) is 23.0 Å². The van der Waals surface area contributed by atoms with Crippen molar-refractivity contribution in [1.29, 1.82) is 0 Å². The Balaban J connectivity index is 1.68. The number of phenols is 4. The van der Waals surface area contributed by atoms with E-state index in [0.29, 0.717) is 0 Å². The molecule has 0 aliphatic carbocycles. The van der Waals surface area contributed by atoms with Crippen LogP contribution in [0.3, 0.4) is 0 Å². The van der Waals surface area contributed by atoms with Crippen LogP contribution in [0.15, 0.2) is 34.1 Å². The molecule has 0 amide bonds. The topological polar surface area (TPSA) is 80.9 Å². The van der Waals surface area contributed by atoms with Crippen LogP contribution in [0.5, 0.6) is 23.0 Å². The molecular formula is C17H16O4S2. The highest BCUT2D eigenvalue weighted by Crippen LogP contribution is 2.59. The van der Waals surface area contributed by atoms with Crippen LogP contribution in [0.25, 0.3) is 0 Å². The van der Waals surface area contributed by atoms with Gasteiger partial charge in [0.05, 0.1) is 4.08 Å². The summed E-state index contributed by atoms with van der Waals surface area (Å²) in [6.45, 7) is 0. The highest BCUT2D eigenvalue weighted by molar-refractivity contribution is 8.18. The molecule has 0 aromatic heterocycles. The number of aryl methyl sites for hydroxylation is 2. The van der Waals surface area contributed by atoms with Gasteiger partial charge in [-0.1, -0.05) is 0 Å². The van der Waals surface area contributed by atoms with Gasteiger partial charge in [0.1, 0.15) is 0 Å². The summed E-state index contributed by atoms with van der Waals surface area (Å²) in [4.78, 5) is 2.01. The summed E-state index contributed by atoms with van der Waals surface area (Å²) >= 11 is 3.45. The Hall–Kier alpha value is -1.66. The highest BCUT2D eigenvalue weighted by Gasteiger charge is 2.40. The van der Waals surface area contributed by atoms with Crippen LogP contribution in [-0.2, 0) is 12.8 Å². The molecule has 0 radical (unpaired) electrons. The molecule has 2 heterocycles. The Kier molecular flexibility index (Phi) is 3.35. The molecule has 0 unspecified atom stereocenters. The predicted molar refractivity (Wildman–Crippen MR) is 90.6 cm³/mol. The Morgan fingerprint density at radius 2 is 1.04 bits per heavy atom. The van der Waals surface area contributed by atoms with Crippen molar-refractivity contribution >= 4 is 23.5 Å². The van der Waals surface area contributed by atoms with E-state index >= 15 is 0 Å². The van der Waals surface area contributed by atoms with Crippen LogP contribution in [0.2, 0.25) is 0 Å². The van der Waals surface area contributed by atoms with E-state index < -0.39 is 0 Å². The average Bonchev–Trinajstić information content (AvgIpc) is 2.51. The molecule has 4 nitrogen and oxygen atoms in total. The van der Waals surface area contributed by atoms with E-state index in [1.54, 1.807) is 47.8 Å². The summed E-state index contributed by atoms with van der Waals surface area (Å²) in [5, 5.41) is 38.8. The van der Waals surface area contributed by atoms with Crippen LogP contribution in [0.4, 0.5) is 0 Å². The second-order valence-electron chi connectivity index (χ2n) is 6.01. The highest BCUT2D eigenvalue weighted by atomic mass is 32.2. The van der Waals surface area contributed by atoms with Crippen molar-refractivity contribution in [2.75, 3.05) is 0 Å². The molecule has 4 N–H and O–H groups in total. The van der Waals surface area contributed by atoms with Gasteiger partial charge >= 0.3 is 0 Å². The van der Waals surface area contributed by atoms with Crippen molar-refractivity contribution in [2.24, 2.45) is 0 Å². The Bertz CT molecular complexity index is 736. The van der Waals surface area contributed by atoms with E-state index in [0.717, 1.165) is 46.6 Å². The molecule has 2 aliphatic rings. The molecule has 0 fully saturated rings. The zero-order valence-electron chi connectivity index (χ0n) is 12.2. The van der Waals surface area contributed by atoms with Gasteiger partial charge in [0, 0.05) is 9.79 Å². The Labute approximate surface area is 142 Å². The van der Waals surface area contributed by atoms with E-state index in [1.807, 2.05) is 0 Å². The maximum Gasteiger partial charge on any atom is 0.158 e. The van der Waals surface area contributed by atoms with E-state index in [2.05, 4.69) is 0 Å². The van der Waals surface area contributed by atoms with Crippen LogP contribution in [0, 0.1) is 0 Å². The standard InChI is InChI=1S/C17H16O4S2/c18-11-5-9-1-3-17(22-15(9)7-13(11)20)4-2-10-6-12(19)14(21)8-16(10)23-17/h5-8,18-21H,1-4H2. The first-order chi connectivity index (χ1) is 11.0. The van der Waals surface area contributed by atoms with Gasteiger partial charge in [-0.3, -0.25) is 0 Å². The molecular weight excluding hydrogens is 332 g/mol. The Morgan fingerprint density at radius 3 is 1.48 bits per heavy atom. The molecule has 23 heavy (non-hydrogen) atoms. The van der Waals surface area contributed by atoms with Crippen molar-refractivity contribution in [1.82, 2.24) is 0 Å². The summed E-state index contributed by atoms with van der Waals surface area (Å²) in [6.07, 6.45) is 3.62. The van der Waals surface area contributed by atoms with Gasteiger partial charge < -0.3 is 20.4 Å². The molecule has 0 bridgehead atoms. The molecule has 0 saturated carbocycles. The fourth-order valence-corrected chi connectivity index (χ4v) is 6.43. The maximum atomic E-state index is 9.76. The van der Waals surface area contributed by atoms with Crippen molar-refractivity contribution < 1.29 is 20.4 Å². The predicted octanol–water partition coefficient (Wildman–Crippen LogP) is 3.98.